The van der Waals surface area contributed by atoms with Gasteiger partial charge in [-0.3, -0.25) is 9.10 Å². The summed E-state index contributed by atoms with van der Waals surface area (Å²) in [6, 6.07) is 12.9. The molecule has 0 fully saturated rings. The van der Waals surface area contributed by atoms with E-state index in [0.29, 0.717) is 23.7 Å². The number of carbonyl (C=O) groups excluding carboxylic acids is 1. The summed E-state index contributed by atoms with van der Waals surface area (Å²) in [6.45, 7) is 3.84. The molecule has 1 amide bonds. The van der Waals surface area contributed by atoms with E-state index in [4.69, 9.17) is 11.6 Å². The summed E-state index contributed by atoms with van der Waals surface area (Å²) in [5.74, 6) is -0.341. The Balaban J connectivity index is 2.04. The second kappa shape index (κ2) is 8.56. The molecule has 2 aromatic carbocycles. The minimum absolute atomic E-state index is 0.245. The minimum atomic E-state index is -3.58. The predicted molar refractivity (Wildman–Crippen MR) is 106 cm³/mol. The molecule has 0 radical (unpaired) electrons. The summed E-state index contributed by atoms with van der Waals surface area (Å²) in [6.07, 6.45) is 1.76. The Kier molecular flexibility index (Phi) is 6.67. The summed E-state index contributed by atoms with van der Waals surface area (Å²) >= 11 is 5.85. The number of nitrogens with one attached hydrogen (secondary N) is 1. The maximum absolute atomic E-state index is 12.3. The van der Waals surface area contributed by atoms with Crippen LogP contribution in [0.1, 0.15) is 16.7 Å². The average molecular weight is 395 g/mol. The standard InChI is InChI=1S/C19H23ClN2O3S/c1-14-5-4-6-15(2)19(14)22(26(3,24)25)13-18(23)21-12-11-16-7-9-17(20)10-8-16/h4-10H,11-13H2,1-3H3,(H,21,23). The topological polar surface area (TPSA) is 66.5 Å². The summed E-state index contributed by atoms with van der Waals surface area (Å²) in [4.78, 5) is 12.3. The molecule has 0 aliphatic rings. The lowest BCUT2D eigenvalue weighted by atomic mass is 10.1. The lowest BCUT2D eigenvalue weighted by molar-refractivity contribution is -0.119. The van der Waals surface area contributed by atoms with Crippen molar-refractivity contribution >= 4 is 33.2 Å². The molecule has 2 rings (SSSR count). The number of para-hydroxylation sites is 1. The van der Waals surface area contributed by atoms with Crippen LogP contribution in [0.2, 0.25) is 5.02 Å². The fraction of sp³-hybridized carbons (Fsp3) is 0.316. The van der Waals surface area contributed by atoms with Crippen molar-refractivity contribution in [1.29, 1.82) is 0 Å². The van der Waals surface area contributed by atoms with Crippen molar-refractivity contribution in [3.05, 3.63) is 64.2 Å². The van der Waals surface area contributed by atoms with E-state index in [-0.39, 0.29) is 12.5 Å². The van der Waals surface area contributed by atoms with Crippen molar-refractivity contribution in [2.75, 3.05) is 23.7 Å². The second-order valence-corrected chi connectivity index (χ2v) is 8.58. The quantitative estimate of drug-likeness (QED) is 0.784. The van der Waals surface area contributed by atoms with Gasteiger partial charge in [0.15, 0.2) is 0 Å². The van der Waals surface area contributed by atoms with Crippen molar-refractivity contribution in [1.82, 2.24) is 5.32 Å². The zero-order valence-electron chi connectivity index (χ0n) is 15.1. The SMILES string of the molecule is Cc1cccc(C)c1N(CC(=O)NCCc1ccc(Cl)cc1)S(C)(=O)=O. The summed E-state index contributed by atoms with van der Waals surface area (Å²) in [7, 11) is -3.58. The number of anilines is 1. The maximum atomic E-state index is 12.3. The number of carbonyl (C=O) groups is 1. The van der Waals surface area contributed by atoms with Crippen LogP contribution in [0.15, 0.2) is 42.5 Å². The van der Waals surface area contributed by atoms with Crippen molar-refractivity contribution in [3.8, 4) is 0 Å². The summed E-state index contributed by atoms with van der Waals surface area (Å²) in [5, 5.41) is 3.44. The van der Waals surface area contributed by atoms with E-state index >= 15 is 0 Å². The lowest BCUT2D eigenvalue weighted by Gasteiger charge is -2.25. The number of benzene rings is 2. The Bertz CT molecular complexity index is 860. The van der Waals surface area contributed by atoms with Crippen LogP contribution in [0, 0.1) is 13.8 Å². The van der Waals surface area contributed by atoms with Gasteiger partial charge in [-0.1, -0.05) is 41.9 Å². The summed E-state index contributed by atoms with van der Waals surface area (Å²) in [5.41, 5.74) is 3.22. The van der Waals surface area contributed by atoms with E-state index in [1.807, 2.05) is 44.2 Å². The molecule has 0 atom stereocenters. The molecule has 0 aromatic heterocycles. The highest BCUT2D eigenvalue weighted by molar-refractivity contribution is 7.92. The third-order valence-electron chi connectivity index (χ3n) is 4.03. The monoisotopic (exact) mass is 394 g/mol. The van der Waals surface area contributed by atoms with E-state index in [1.165, 1.54) is 0 Å². The van der Waals surface area contributed by atoms with Gasteiger partial charge in [-0.25, -0.2) is 8.42 Å². The van der Waals surface area contributed by atoms with Gasteiger partial charge in [0.25, 0.3) is 0 Å². The highest BCUT2D eigenvalue weighted by atomic mass is 35.5. The van der Waals surface area contributed by atoms with Gasteiger partial charge in [0.2, 0.25) is 15.9 Å². The Morgan fingerprint density at radius 2 is 1.65 bits per heavy atom. The zero-order valence-corrected chi connectivity index (χ0v) is 16.7. The Labute approximate surface area is 160 Å². The first-order chi connectivity index (χ1) is 12.2. The van der Waals surface area contributed by atoms with Crippen LogP contribution < -0.4 is 9.62 Å². The van der Waals surface area contributed by atoms with Crippen LogP contribution in [0.4, 0.5) is 5.69 Å². The molecular weight excluding hydrogens is 372 g/mol. The fourth-order valence-electron chi connectivity index (χ4n) is 2.74. The van der Waals surface area contributed by atoms with Crippen LogP contribution in [0.25, 0.3) is 0 Å². The van der Waals surface area contributed by atoms with Crippen molar-refractivity contribution in [3.63, 3.8) is 0 Å². The average Bonchev–Trinajstić information content (AvgIpc) is 2.54. The Morgan fingerprint density at radius 3 is 2.19 bits per heavy atom. The number of sulfonamides is 1. The van der Waals surface area contributed by atoms with E-state index < -0.39 is 10.0 Å². The van der Waals surface area contributed by atoms with Gasteiger partial charge in [-0.2, -0.15) is 0 Å². The molecule has 1 N–H and O–H groups in total. The number of rotatable bonds is 7. The number of halogens is 1. The van der Waals surface area contributed by atoms with Gasteiger partial charge >= 0.3 is 0 Å². The first-order valence-electron chi connectivity index (χ1n) is 8.23. The molecule has 0 saturated carbocycles. The van der Waals surface area contributed by atoms with Crippen LogP contribution in [-0.4, -0.2) is 33.7 Å². The molecule has 0 aliphatic carbocycles. The van der Waals surface area contributed by atoms with Gasteiger partial charge in [0, 0.05) is 11.6 Å². The van der Waals surface area contributed by atoms with E-state index in [9.17, 15) is 13.2 Å². The second-order valence-electron chi connectivity index (χ2n) is 6.24. The van der Waals surface area contributed by atoms with Crippen LogP contribution in [-0.2, 0) is 21.2 Å². The molecule has 0 spiro atoms. The number of aryl methyl sites for hydroxylation is 2. The highest BCUT2D eigenvalue weighted by Crippen LogP contribution is 2.26. The van der Waals surface area contributed by atoms with E-state index in [1.54, 1.807) is 12.1 Å². The maximum Gasteiger partial charge on any atom is 0.240 e. The minimum Gasteiger partial charge on any atom is -0.354 e. The first-order valence-corrected chi connectivity index (χ1v) is 10.5. The van der Waals surface area contributed by atoms with Gasteiger partial charge in [-0.05, 0) is 49.1 Å². The van der Waals surface area contributed by atoms with Crippen LogP contribution in [0.5, 0.6) is 0 Å². The van der Waals surface area contributed by atoms with Crippen molar-refractivity contribution in [2.24, 2.45) is 0 Å². The first kappa shape index (κ1) is 20.3. The predicted octanol–water partition coefficient (Wildman–Crippen LogP) is 3.08. The third-order valence-corrected chi connectivity index (χ3v) is 5.39. The molecule has 0 bridgehead atoms. The van der Waals surface area contributed by atoms with Gasteiger partial charge in [0.1, 0.15) is 6.54 Å². The number of nitrogens with zero attached hydrogens (tertiary/aromatic N) is 1. The largest absolute Gasteiger partial charge is 0.354 e. The number of hydrogen-bond donors (Lipinski definition) is 1. The zero-order chi connectivity index (χ0) is 19.3. The highest BCUT2D eigenvalue weighted by Gasteiger charge is 2.23. The smallest absolute Gasteiger partial charge is 0.240 e. The molecule has 0 aliphatic heterocycles. The lowest BCUT2D eigenvalue weighted by Crippen LogP contribution is -2.41. The van der Waals surface area contributed by atoms with Crippen LogP contribution in [0.3, 0.4) is 0 Å². The molecule has 26 heavy (non-hydrogen) atoms. The molecule has 0 saturated heterocycles. The van der Waals surface area contributed by atoms with E-state index in [2.05, 4.69) is 5.32 Å². The van der Waals surface area contributed by atoms with Crippen molar-refractivity contribution in [2.45, 2.75) is 20.3 Å². The normalized spacial score (nSPS) is 11.2. The molecule has 0 unspecified atom stereocenters. The molecule has 5 nitrogen and oxygen atoms in total. The molecule has 7 heteroatoms. The Morgan fingerprint density at radius 1 is 1.08 bits per heavy atom. The Hall–Kier alpha value is -2.05. The molecule has 140 valence electrons. The van der Waals surface area contributed by atoms with Crippen LogP contribution >= 0.6 is 11.6 Å². The number of amides is 1. The van der Waals surface area contributed by atoms with Crippen molar-refractivity contribution < 1.29 is 13.2 Å². The number of hydrogen-bond acceptors (Lipinski definition) is 3. The van der Waals surface area contributed by atoms with Gasteiger partial charge in [-0.15, -0.1) is 0 Å². The van der Waals surface area contributed by atoms with Gasteiger partial charge in [0.05, 0.1) is 11.9 Å². The third kappa shape index (κ3) is 5.47. The molecular formula is C19H23ClN2O3S. The summed E-state index contributed by atoms with van der Waals surface area (Å²) < 4.78 is 25.6. The van der Waals surface area contributed by atoms with E-state index in [0.717, 1.165) is 27.3 Å². The van der Waals surface area contributed by atoms with Gasteiger partial charge < -0.3 is 5.32 Å². The molecule has 2 aromatic rings. The molecule has 0 heterocycles. The fourth-order valence-corrected chi connectivity index (χ4v) is 3.84.